The molecule has 22 heavy (non-hydrogen) atoms. The van der Waals surface area contributed by atoms with Gasteiger partial charge in [0, 0.05) is 16.1 Å². The lowest BCUT2D eigenvalue weighted by Gasteiger charge is -2.08. The second-order valence-electron chi connectivity index (χ2n) is 4.78. The lowest BCUT2D eigenvalue weighted by atomic mass is 10.1. The molecule has 0 saturated heterocycles. The van der Waals surface area contributed by atoms with Crippen molar-refractivity contribution < 1.29 is 14.9 Å². The Labute approximate surface area is 135 Å². The zero-order valence-corrected chi connectivity index (χ0v) is 13.3. The standard InChI is InChI=1S/C16H13BrN2O3/c1-9-16(22-12-5-2-10(17)3-6-12)15(19-18-9)13-7-4-11(20)8-14(13)21/h2-8,20-21H,1H3,(H,18,19). The molecular formula is C16H13BrN2O3. The molecule has 0 spiro atoms. The van der Waals surface area contributed by atoms with Crippen LogP contribution >= 0.6 is 15.9 Å². The topological polar surface area (TPSA) is 78.4 Å². The van der Waals surface area contributed by atoms with Crippen LogP contribution in [0.15, 0.2) is 46.9 Å². The largest absolute Gasteiger partial charge is 0.508 e. The van der Waals surface area contributed by atoms with Crippen molar-refractivity contribution in [1.82, 2.24) is 10.2 Å². The normalized spacial score (nSPS) is 10.6. The Morgan fingerprint density at radius 1 is 1.09 bits per heavy atom. The Balaban J connectivity index is 2.02. The quantitative estimate of drug-likeness (QED) is 0.648. The van der Waals surface area contributed by atoms with Gasteiger partial charge in [-0.05, 0) is 43.3 Å². The number of nitrogens with one attached hydrogen (secondary N) is 1. The van der Waals surface area contributed by atoms with Crippen molar-refractivity contribution in [2.24, 2.45) is 0 Å². The molecule has 1 heterocycles. The Bertz CT molecular complexity index is 813. The van der Waals surface area contributed by atoms with Gasteiger partial charge in [0.2, 0.25) is 0 Å². The number of benzene rings is 2. The van der Waals surface area contributed by atoms with Crippen LogP contribution in [0.1, 0.15) is 5.69 Å². The first-order chi connectivity index (χ1) is 10.5. The summed E-state index contributed by atoms with van der Waals surface area (Å²) in [6.07, 6.45) is 0. The van der Waals surface area contributed by atoms with Gasteiger partial charge in [-0.15, -0.1) is 0 Å². The highest BCUT2D eigenvalue weighted by Crippen LogP contribution is 2.39. The van der Waals surface area contributed by atoms with Crippen LogP contribution in [0.5, 0.6) is 23.0 Å². The molecule has 0 radical (unpaired) electrons. The third kappa shape index (κ3) is 2.78. The van der Waals surface area contributed by atoms with Gasteiger partial charge < -0.3 is 14.9 Å². The van der Waals surface area contributed by atoms with E-state index in [0.29, 0.717) is 22.8 Å². The minimum absolute atomic E-state index is 0.0103. The summed E-state index contributed by atoms with van der Waals surface area (Å²) in [5.41, 5.74) is 1.71. The molecule has 0 saturated carbocycles. The van der Waals surface area contributed by atoms with Crippen molar-refractivity contribution in [2.45, 2.75) is 6.92 Å². The maximum absolute atomic E-state index is 10.0. The number of phenols is 2. The minimum Gasteiger partial charge on any atom is -0.508 e. The molecule has 2 aromatic carbocycles. The summed E-state index contributed by atoms with van der Waals surface area (Å²) in [5, 5.41) is 26.4. The highest BCUT2D eigenvalue weighted by Gasteiger charge is 2.18. The van der Waals surface area contributed by atoms with E-state index in [1.54, 1.807) is 6.07 Å². The van der Waals surface area contributed by atoms with Crippen LogP contribution in [0.3, 0.4) is 0 Å². The molecule has 3 aromatic rings. The van der Waals surface area contributed by atoms with Gasteiger partial charge in [-0.2, -0.15) is 5.10 Å². The second kappa shape index (κ2) is 5.73. The molecule has 0 unspecified atom stereocenters. The highest BCUT2D eigenvalue weighted by molar-refractivity contribution is 9.10. The third-order valence-electron chi connectivity index (χ3n) is 3.16. The lowest BCUT2D eigenvalue weighted by molar-refractivity contribution is 0.450. The van der Waals surface area contributed by atoms with Crippen molar-refractivity contribution in [3.63, 3.8) is 0 Å². The number of H-pyrrole nitrogens is 1. The van der Waals surface area contributed by atoms with Crippen LogP contribution in [0.4, 0.5) is 0 Å². The van der Waals surface area contributed by atoms with Crippen molar-refractivity contribution in [1.29, 1.82) is 0 Å². The zero-order valence-electron chi connectivity index (χ0n) is 11.7. The number of aryl methyl sites for hydroxylation is 1. The summed E-state index contributed by atoms with van der Waals surface area (Å²) in [6.45, 7) is 1.84. The summed E-state index contributed by atoms with van der Waals surface area (Å²) < 4.78 is 6.85. The summed E-state index contributed by atoms with van der Waals surface area (Å²) in [6, 6.07) is 11.8. The maximum atomic E-state index is 10.0. The number of ether oxygens (including phenoxy) is 1. The van der Waals surface area contributed by atoms with Crippen molar-refractivity contribution >= 4 is 15.9 Å². The number of aromatic amines is 1. The number of hydrogen-bond acceptors (Lipinski definition) is 4. The molecule has 3 N–H and O–H groups in total. The molecular weight excluding hydrogens is 348 g/mol. The molecule has 1 aromatic heterocycles. The fourth-order valence-corrected chi connectivity index (χ4v) is 2.33. The van der Waals surface area contributed by atoms with Gasteiger partial charge in [0.1, 0.15) is 22.9 Å². The summed E-state index contributed by atoms with van der Waals surface area (Å²) in [4.78, 5) is 0. The van der Waals surface area contributed by atoms with Crippen LogP contribution < -0.4 is 4.74 Å². The van der Waals surface area contributed by atoms with Crippen LogP contribution in [-0.4, -0.2) is 20.4 Å². The predicted octanol–water partition coefficient (Wildman–Crippen LogP) is 4.35. The van der Waals surface area contributed by atoms with E-state index in [9.17, 15) is 10.2 Å². The summed E-state index contributed by atoms with van der Waals surface area (Å²) in [7, 11) is 0. The molecule has 5 nitrogen and oxygen atoms in total. The van der Waals surface area contributed by atoms with E-state index in [0.717, 1.165) is 10.2 Å². The van der Waals surface area contributed by atoms with Crippen LogP contribution in [0.25, 0.3) is 11.3 Å². The molecule has 3 rings (SSSR count). The average molecular weight is 361 g/mol. The Hall–Kier alpha value is -2.47. The molecule has 0 amide bonds. The summed E-state index contributed by atoms with van der Waals surface area (Å²) in [5.74, 6) is 1.12. The molecule has 0 fully saturated rings. The fraction of sp³-hybridized carbons (Fsp3) is 0.0625. The van der Waals surface area contributed by atoms with E-state index in [2.05, 4.69) is 26.1 Å². The monoisotopic (exact) mass is 360 g/mol. The van der Waals surface area contributed by atoms with Gasteiger partial charge in [-0.1, -0.05) is 15.9 Å². The predicted molar refractivity (Wildman–Crippen MR) is 86.3 cm³/mol. The van der Waals surface area contributed by atoms with Gasteiger partial charge >= 0.3 is 0 Å². The smallest absolute Gasteiger partial charge is 0.176 e. The van der Waals surface area contributed by atoms with Gasteiger partial charge in [0.05, 0.1) is 5.69 Å². The third-order valence-corrected chi connectivity index (χ3v) is 3.69. The molecule has 0 bridgehead atoms. The van der Waals surface area contributed by atoms with Crippen LogP contribution in [-0.2, 0) is 0 Å². The Kier molecular flexibility index (Phi) is 3.77. The first kappa shape index (κ1) is 14.5. The van der Waals surface area contributed by atoms with Crippen molar-refractivity contribution in [3.05, 3.63) is 52.6 Å². The first-order valence-electron chi connectivity index (χ1n) is 6.55. The van der Waals surface area contributed by atoms with E-state index in [4.69, 9.17) is 4.74 Å². The van der Waals surface area contributed by atoms with E-state index < -0.39 is 0 Å². The average Bonchev–Trinajstić information content (AvgIpc) is 2.83. The SMILES string of the molecule is Cc1[nH]nc(-c2ccc(O)cc2O)c1Oc1ccc(Br)cc1. The molecule has 0 aliphatic rings. The van der Waals surface area contributed by atoms with Gasteiger partial charge in [0.15, 0.2) is 5.75 Å². The number of rotatable bonds is 3. The van der Waals surface area contributed by atoms with E-state index in [1.807, 2.05) is 31.2 Å². The lowest BCUT2D eigenvalue weighted by Crippen LogP contribution is -1.88. The molecule has 0 aliphatic heterocycles. The van der Waals surface area contributed by atoms with Crippen LogP contribution in [0.2, 0.25) is 0 Å². The summed E-state index contributed by atoms with van der Waals surface area (Å²) >= 11 is 3.37. The molecule has 0 aliphatic carbocycles. The number of hydrogen-bond donors (Lipinski definition) is 3. The number of aromatic hydroxyl groups is 2. The number of nitrogens with zero attached hydrogens (tertiary/aromatic N) is 1. The van der Waals surface area contributed by atoms with E-state index in [-0.39, 0.29) is 11.5 Å². The van der Waals surface area contributed by atoms with E-state index in [1.165, 1.54) is 12.1 Å². The zero-order chi connectivity index (χ0) is 15.7. The van der Waals surface area contributed by atoms with Crippen molar-refractivity contribution in [3.8, 4) is 34.3 Å². The van der Waals surface area contributed by atoms with Gasteiger partial charge in [0.25, 0.3) is 0 Å². The second-order valence-corrected chi connectivity index (χ2v) is 5.70. The molecule has 6 heteroatoms. The van der Waals surface area contributed by atoms with Gasteiger partial charge in [-0.25, -0.2) is 0 Å². The first-order valence-corrected chi connectivity index (χ1v) is 7.34. The number of halogens is 1. The van der Waals surface area contributed by atoms with Crippen molar-refractivity contribution in [2.75, 3.05) is 0 Å². The van der Waals surface area contributed by atoms with Gasteiger partial charge in [-0.3, -0.25) is 5.10 Å². The van der Waals surface area contributed by atoms with E-state index >= 15 is 0 Å². The number of aromatic nitrogens is 2. The minimum atomic E-state index is -0.0628. The number of phenolic OH excluding ortho intramolecular Hbond substituents is 2. The fourth-order valence-electron chi connectivity index (χ4n) is 2.07. The maximum Gasteiger partial charge on any atom is 0.176 e. The van der Waals surface area contributed by atoms with Crippen LogP contribution in [0, 0.1) is 6.92 Å². The highest BCUT2D eigenvalue weighted by atomic mass is 79.9. The Morgan fingerprint density at radius 3 is 2.50 bits per heavy atom. The molecule has 112 valence electrons. The molecule has 0 atom stereocenters. The Morgan fingerprint density at radius 2 is 1.82 bits per heavy atom.